The maximum absolute atomic E-state index is 4.47. The van der Waals surface area contributed by atoms with Gasteiger partial charge in [0.2, 0.25) is 5.13 Å². The average Bonchev–Trinajstić information content (AvgIpc) is 2.68. The van der Waals surface area contributed by atoms with Gasteiger partial charge in [-0.3, -0.25) is 0 Å². The van der Waals surface area contributed by atoms with Crippen molar-refractivity contribution < 1.29 is 0 Å². The van der Waals surface area contributed by atoms with E-state index < -0.39 is 0 Å². The van der Waals surface area contributed by atoms with Gasteiger partial charge in [0.25, 0.3) is 0 Å². The fraction of sp³-hybridized carbons (Fsp3) is 0.636. The van der Waals surface area contributed by atoms with Crippen LogP contribution in [0, 0.1) is 0 Å². The maximum Gasteiger partial charge on any atom is 0.202 e. The van der Waals surface area contributed by atoms with E-state index in [1.807, 2.05) is 0 Å². The van der Waals surface area contributed by atoms with Crippen molar-refractivity contribution in [2.75, 3.05) is 5.32 Å². The summed E-state index contributed by atoms with van der Waals surface area (Å²) in [7, 11) is 0. The summed E-state index contributed by atoms with van der Waals surface area (Å²) in [6, 6.07) is 0.553. The molecule has 3 nitrogen and oxygen atoms in total. The van der Waals surface area contributed by atoms with Crippen LogP contribution in [-0.4, -0.2) is 15.4 Å². The largest absolute Gasteiger partial charge is 0.357 e. The minimum absolute atomic E-state index is 0.553. The maximum atomic E-state index is 4.47. The molecular weight excluding hydrogens is 206 g/mol. The van der Waals surface area contributed by atoms with Gasteiger partial charge in [0, 0.05) is 24.0 Å². The van der Waals surface area contributed by atoms with Gasteiger partial charge in [0.1, 0.15) is 5.82 Å². The second-order valence-electron chi connectivity index (χ2n) is 3.89. The number of aromatic nitrogens is 2. The van der Waals surface area contributed by atoms with Crippen molar-refractivity contribution in [3.05, 3.63) is 18.0 Å². The lowest BCUT2D eigenvalue weighted by atomic mass is 10.0. The molecule has 0 spiro atoms. The number of hydrogen-bond acceptors (Lipinski definition) is 4. The summed E-state index contributed by atoms with van der Waals surface area (Å²) in [5, 5.41) is 4.44. The van der Waals surface area contributed by atoms with Gasteiger partial charge in [-0.25, -0.2) is 4.98 Å². The number of nitrogens with zero attached hydrogens (tertiary/aromatic N) is 2. The summed E-state index contributed by atoms with van der Waals surface area (Å²) in [5.74, 6) is 0.983. The Balaban J connectivity index is 1.89. The third-order valence-electron chi connectivity index (χ3n) is 2.54. The van der Waals surface area contributed by atoms with Crippen molar-refractivity contribution in [2.45, 2.75) is 45.1 Å². The van der Waals surface area contributed by atoms with Gasteiger partial charge in [-0.15, -0.1) is 0 Å². The SMILES string of the molecule is CCCc1nsc(NC2CC=CCC2)n1. The van der Waals surface area contributed by atoms with Gasteiger partial charge < -0.3 is 5.32 Å². The first-order valence-corrected chi connectivity index (χ1v) is 6.40. The topological polar surface area (TPSA) is 37.8 Å². The molecule has 1 N–H and O–H groups in total. The van der Waals surface area contributed by atoms with Gasteiger partial charge in [-0.2, -0.15) is 4.37 Å². The van der Waals surface area contributed by atoms with Crippen LogP contribution in [0.5, 0.6) is 0 Å². The Morgan fingerprint density at radius 3 is 3.20 bits per heavy atom. The Hall–Kier alpha value is -0.900. The Kier molecular flexibility index (Phi) is 3.72. The molecule has 1 heterocycles. The number of allylic oxidation sites excluding steroid dienone is 1. The highest BCUT2D eigenvalue weighted by Gasteiger charge is 2.11. The van der Waals surface area contributed by atoms with Crippen molar-refractivity contribution in [1.29, 1.82) is 0 Å². The van der Waals surface area contributed by atoms with Crippen LogP contribution in [0.4, 0.5) is 5.13 Å². The molecule has 0 aromatic carbocycles. The van der Waals surface area contributed by atoms with Crippen LogP contribution in [-0.2, 0) is 6.42 Å². The predicted molar refractivity (Wildman–Crippen MR) is 64.3 cm³/mol. The van der Waals surface area contributed by atoms with E-state index >= 15 is 0 Å². The van der Waals surface area contributed by atoms with Gasteiger partial charge >= 0.3 is 0 Å². The molecule has 0 saturated heterocycles. The number of anilines is 1. The van der Waals surface area contributed by atoms with E-state index in [1.54, 1.807) is 0 Å². The van der Waals surface area contributed by atoms with E-state index in [0.717, 1.165) is 30.2 Å². The van der Waals surface area contributed by atoms with Crippen LogP contribution >= 0.6 is 11.5 Å². The Bertz CT molecular complexity index is 332. The second kappa shape index (κ2) is 5.26. The first-order chi connectivity index (χ1) is 7.38. The first-order valence-electron chi connectivity index (χ1n) is 5.62. The van der Waals surface area contributed by atoms with Crippen molar-refractivity contribution in [3.8, 4) is 0 Å². The standard InChI is InChI=1S/C11H17N3S/c1-2-6-10-13-11(15-14-10)12-9-7-4-3-5-8-9/h3-4,9H,2,5-8H2,1H3,(H,12,13,14). The van der Waals surface area contributed by atoms with Crippen LogP contribution in [0.2, 0.25) is 0 Å². The van der Waals surface area contributed by atoms with E-state index in [2.05, 4.69) is 33.8 Å². The molecule has 82 valence electrons. The van der Waals surface area contributed by atoms with E-state index in [0.29, 0.717) is 6.04 Å². The van der Waals surface area contributed by atoms with Gasteiger partial charge in [0.05, 0.1) is 0 Å². The highest BCUT2D eigenvalue weighted by molar-refractivity contribution is 7.09. The molecular formula is C11H17N3S. The Labute approximate surface area is 94.8 Å². The highest BCUT2D eigenvalue weighted by Crippen LogP contribution is 2.19. The molecule has 0 aliphatic heterocycles. The van der Waals surface area contributed by atoms with Gasteiger partial charge in [0.15, 0.2) is 0 Å². The number of nitrogens with one attached hydrogen (secondary N) is 1. The second-order valence-corrected chi connectivity index (χ2v) is 4.64. The molecule has 1 atom stereocenters. The lowest BCUT2D eigenvalue weighted by Crippen LogP contribution is -2.20. The molecule has 0 radical (unpaired) electrons. The van der Waals surface area contributed by atoms with Crippen LogP contribution in [0.15, 0.2) is 12.2 Å². The molecule has 1 aliphatic rings. The van der Waals surface area contributed by atoms with E-state index in [1.165, 1.54) is 24.4 Å². The minimum atomic E-state index is 0.553. The molecule has 0 saturated carbocycles. The summed E-state index contributed by atoms with van der Waals surface area (Å²) in [6.07, 6.45) is 10.1. The molecule has 0 fully saturated rings. The van der Waals surface area contributed by atoms with Crippen molar-refractivity contribution in [1.82, 2.24) is 9.36 Å². The smallest absolute Gasteiger partial charge is 0.202 e. The van der Waals surface area contributed by atoms with Crippen molar-refractivity contribution >= 4 is 16.7 Å². The molecule has 15 heavy (non-hydrogen) atoms. The number of aryl methyl sites for hydroxylation is 1. The van der Waals surface area contributed by atoms with Crippen LogP contribution < -0.4 is 5.32 Å². The first kappa shape index (κ1) is 10.6. The van der Waals surface area contributed by atoms with E-state index in [9.17, 15) is 0 Å². The molecule has 1 unspecified atom stereocenters. The molecule has 2 rings (SSSR count). The third kappa shape index (κ3) is 3.02. The quantitative estimate of drug-likeness (QED) is 0.797. The summed E-state index contributed by atoms with van der Waals surface area (Å²) in [6.45, 7) is 2.15. The molecule has 1 aromatic heterocycles. The van der Waals surface area contributed by atoms with Crippen LogP contribution in [0.1, 0.15) is 38.4 Å². The number of rotatable bonds is 4. The van der Waals surface area contributed by atoms with Crippen molar-refractivity contribution in [3.63, 3.8) is 0 Å². The summed E-state index contributed by atoms with van der Waals surface area (Å²) < 4.78 is 4.32. The number of hydrogen-bond donors (Lipinski definition) is 1. The summed E-state index contributed by atoms with van der Waals surface area (Å²) in [4.78, 5) is 4.47. The van der Waals surface area contributed by atoms with E-state index in [-0.39, 0.29) is 0 Å². The molecule has 0 bridgehead atoms. The zero-order chi connectivity index (χ0) is 10.5. The highest BCUT2D eigenvalue weighted by atomic mass is 32.1. The monoisotopic (exact) mass is 223 g/mol. The van der Waals surface area contributed by atoms with E-state index in [4.69, 9.17) is 0 Å². The van der Waals surface area contributed by atoms with Crippen LogP contribution in [0.3, 0.4) is 0 Å². The van der Waals surface area contributed by atoms with Crippen molar-refractivity contribution in [2.24, 2.45) is 0 Å². The molecule has 1 aliphatic carbocycles. The molecule has 0 amide bonds. The van der Waals surface area contributed by atoms with Crippen LogP contribution in [0.25, 0.3) is 0 Å². The zero-order valence-corrected chi connectivity index (χ0v) is 9.89. The zero-order valence-electron chi connectivity index (χ0n) is 9.07. The molecule has 1 aromatic rings. The lowest BCUT2D eigenvalue weighted by molar-refractivity contribution is 0.643. The lowest BCUT2D eigenvalue weighted by Gasteiger charge is -2.18. The normalized spacial score (nSPS) is 20.5. The van der Waals surface area contributed by atoms with Gasteiger partial charge in [-0.05, 0) is 25.7 Å². The summed E-state index contributed by atoms with van der Waals surface area (Å²) in [5.41, 5.74) is 0. The van der Waals surface area contributed by atoms with Gasteiger partial charge in [-0.1, -0.05) is 19.1 Å². The Morgan fingerprint density at radius 2 is 2.47 bits per heavy atom. The minimum Gasteiger partial charge on any atom is -0.357 e. The fourth-order valence-corrected chi connectivity index (χ4v) is 2.43. The predicted octanol–water partition coefficient (Wildman–Crippen LogP) is 3.01. The fourth-order valence-electron chi connectivity index (χ4n) is 1.74. The summed E-state index contributed by atoms with van der Waals surface area (Å²) >= 11 is 1.49. The Morgan fingerprint density at radius 1 is 1.53 bits per heavy atom. The third-order valence-corrected chi connectivity index (χ3v) is 3.22. The average molecular weight is 223 g/mol. The molecule has 4 heteroatoms.